The molecule has 0 radical (unpaired) electrons. The zero-order valence-electron chi connectivity index (χ0n) is 6.27. The molecule has 0 aromatic rings. The van der Waals surface area contributed by atoms with Gasteiger partial charge in [-0.05, 0) is 32.1 Å². The van der Waals surface area contributed by atoms with E-state index in [1.165, 1.54) is 6.42 Å². The second kappa shape index (κ2) is 1.74. The molecule has 2 saturated carbocycles. The Hall–Kier alpha value is -0.0800. The van der Waals surface area contributed by atoms with Crippen molar-refractivity contribution in [1.82, 2.24) is 0 Å². The molecule has 2 aliphatic rings. The zero-order valence-corrected chi connectivity index (χ0v) is 6.27. The fourth-order valence-electron chi connectivity index (χ4n) is 2.05. The molecule has 3 N–H and O–H groups in total. The molecule has 0 aliphatic heterocycles. The van der Waals surface area contributed by atoms with Crippen molar-refractivity contribution in [3.8, 4) is 0 Å². The van der Waals surface area contributed by atoms with E-state index in [1.807, 2.05) is 0 Å². The first kappa shape index (κ1) is 6.62. The van der Waals surface area contributed by atoms with Crippen LogP contribution in [0.4, 0.5) is 0 Å². The summed E-state index contributed by atoms with van der Waals surface area (Å²) >= 11 is 0. The maximum atomic E-state index is 9.92. The van der Waals surface area contributed by atoms with Gasteiger partial charge in [0.05, 0.1) is 5.60 Å². The van der Waals surface area contributed by atoms with Crippen molar-refractivity contribution in [3.05, 3.63) is 0 Å². The Morgan fingerprint density at radius 3 is 1.90 bits per heavy atom. The van der Waals surface area contributed by atoms with E-state index in [2.05, 4.69) is 0 Å². The predicted molar refractivity (Wildman–Crippen MR) is 39.5 cm³/mol. The highest BCUT2D eigenvalue weighted by atomic mass is 16.3. The van der Waals surface area contributed by atoms with Crippen LogP contribution in [-0.2, 0) is 0 Å². The Morgan fingerprint density at radius 1 is 1.20 bits per heavy atom. The molecular formula is C8H15NO. The maximum absolute atomic E-state index is 9.92. The monoisotopic (exact) mass is 141 g/mol. The minimum Gasteiger partial charge on any atom is -0.389 e. The number of nitrogens with two attached hydrogens (primary N) is 1. The van der Waals surface area contributed by atoms with Crippen LogP contribution in [0.1, 0.15) is 32.1 Å². The van der Waals surface area contributed by atoms with E-state index in [9.17, 15) is 5.11 Å². The lowest BCUT2D eigenvalue weighted by molar-refractivity contribution is -0.0930. The molecule has 2 fully saturated rings. The summed E-state index contributed by atoms with van der Waals surface area (Å²) in [7, 11) is 0. The molecule has 10 heavy (non-hydrogen) atoms. The summed E-state index contributed by atoms with van der Waals surface area (Å²) in [5.74, 6) is 0. The van der Waals surface area contributed by atoms with Crippen molar-refractivity contribution in [3.63, 3.8) is 0 Å². The van der Waals surface area contributed by atoms with Gasteiger partial charge < -0.3 is 10.8 Å². The Balaban J connectivity index is 2.09. The summed E-state index contributed by atoms with van der Waals surface area (Å²) in [6.45, 7) is 0.684. The highest BCUT2D eigenvalue weighted by Gasteiger charge is 2.59. The second-order valence-corrected chi connectivity index (χ2v) is 3.87. The Labute approximate surface area is 61.4 Å². The van der Waals surface area contributed by atoms with Crippen LogP contribution in [0, 0.1) is 5.41 Å². The van der Waals surface area contributed by atoms with Crippen LogP contribution < -0.4 is 5.73 Å². The number of hydrogen-bond donors (Lipinski definition) is 2. The van der Waals surface area contributed by atoms with Crippen LogP contribution in [0.25, 0.3) is 0 Å². The molecule has 2 nitrogen and oxygen atoms in total. The fraction of sp³-hybridized carbons (Fsp3) is 1.00. The summed E-state index contributed by atoms with van der Waals surface area (Å²) in [5.41, 5.74) is 5.42. The summed E-state index contributed by atoms with van der Waals surface area (Å²) in [4.78, 5) is 0. The Kier molecular flexibility index (Phi) is 1.15. The summed E-state index contributed by atoms with van der Waals surface area (Å²) in [5, 5.41) is 9.92. The van der Waals surface area contributed by atoms with Crippen molar-refractivity contribution in [2.45, 2.75) is 37.7 Å². The van der Waals surface area contributed by atoms with Gasteiger partial charge in [0.25, 0.3) is 0 Å². The first-order valence-electron chi connectivity index (χ1n) is 4.15. The van der Waals surface area contributed by atoms with Gasteiger partial charge in [-0.15, -0.1) is 0 Å². The minimum absolute atomic E-state index is 0.158. The molecule has 0 atom stereocenters. The summed E-state index contributed by atoms with van der Waals surface area (Å²) < 4.78 is 0. The molecule has 2 rings (SSSR count). The SMILES string of the molecule is NCC1(C2(O)CCC2)CC1. The molecule has 0 bridgehead atoms. The van der Waals surface area contributed by atoms with Crippen molar-refractivity contribution in [2.75, 3.05) is 6.54 Å². The maximum Gasteiger partial charge on any atom is 0.0715 e. The third kappa shape index (κ3) is 0.611. The second-order valence-electron chi connectivity index (χ2n) is 3.87. The third-order valence-electron chi connectivity index (χ3n) is 3.41. The molecule has 0 heterocycles. The summed E-state index contributed by atoms with van der Waals surface area (Å²) in [6, 6.07) is 0. The molecule has 0 aromatic carbocycles. The fourth-order valence-corrected chi connectivity index (χ4v) is 2.05. The van der Waals surface area contributed by atoms with Crippen LogP contribution in [0.15, 0.2) is 0 Å². The van der Waals surface area contributed by atoms with E-state index in [-0.39, 0.29) is 11.0 Å². The molecule has 0 aromatic heterocycles. The van der Waals surface area contributed by atoms with Crippen molar-refractivity contribution in [1.29, 1.82) is 0 Å². The van der Waals surface area contributed by atoms with Crippen molar-refractivity contribution >= 4 is 0 Å². The lowest BCUT2D eigenvalue weighted by Gasteiger charge is -2.43. The topological polar surface area (TPSA) is 46.2 Å². The molecule has 0 saturated heterocycles. The van der Waals surface area contributed by atoms with Crippen molar-refractivity contribution < 1.29 is 5.11 Å². The van der Waals surface area contributed by atoms with Crippen LogP contribution in [0.5, 0.6) is 0 Å². The number of aliphatic hydroxyl groups is 1. The predicted octanol–water partition coefficient (Wildman–Crippen LogP) is 0.640. The van der Waals surface area contributed by atoms with Crippen LogP contribution in [-0.4, -0.2) is 17.3 Å². The Bertz CT molecular complexity index is 145. The van der Waals surface area contributed by atoms with Gasteiger partial charge in [-0.25, -0.2) is 0 Å². The van der Waals surface area contributed by atoms with Gasteiger partial charge in [0.15, 0.2) is 0 Å². The van der Waals surface area contributed by atoms with Gasteiger partial charge in [-0.2, -0.15) is 0 Å². The van der Waals surface area contributed by atoms with Crippen LogP contribution in [0.2, 0.25) is 0 Å². The molecule has 0 unspecified atom stereocenters. The lowest BCUT2D eigenvalue weighted by Crippen LogP contribution is -2.49. The minimum atomic E-state index is -0.345. The lowest BCUT2D eigenvalue weighted by atomic mass is 9.69. The standard InChI is InChI=1S/C8H15NO/c9-6-7(4-5-7)8(10)2-1-3-8/h10H,1-6,9H2. The normalized spacial score (nSPS) is 33.0. The Morgan fingerprint density at radius 2 is 1.80 bits per heavy atom. The van der Waals surface area contributed by atoms with Crippen molar-refractivity contribution in [2.24, 2.45) is 11.1 Å². The largest absolute Gasteiger partial charge is 0.389 e. The van der Waals surface area contributed by atoms with Gasteiger partial charge in [0.2, 0.25) is 0 Å². The quantitative estimate of drug-likeness (QED) is 0.593. The zero-order chi connectivity index (χ0) is 7.24. The van der Waals surface area contributed by atoms with Gasteiger partial charge in [-0.1, -0.05) is 0 Å². The molecular weight excluding hydrogens is 126 g/mol. The number of hydrogen-bond acceptors (Lipinski definition) is 2. The van der Waals surface area contributed by atoms with Gasteiger partial charge >= 0.3 is 0 Å². The molecule has 0 amide bonds. The van der Waals surface area contributed by atoms with E-state index in [0.29, 0.717) is 6.54 Å². The molecule has 2 aliphatic carbocycles. The average molecular weight is 141 g/mol. The molecule has 58 valence electrons. The van der Waals surface area contributed by atoms with E-state index < -0.39 is 0 Å². The smallest absolute Gasteiger partial charge is 0.0715 e. The average Bonchev–Trinajstić information content (AvgIpc) is 2.63. The summed E-state index contributed by atoms with van der Waals surface area (Å²) in [6.07, 6.45) is 5.48. The van der Waals surface area contributed by atoms with Gasteiger partial charge in [0, 0.05) is 12.0 Å². The van der Waals surface area contributed by atoms with Gasteiger partial charge in [0.1, 0.15) is 0 Å². The van der Waals surface area contributed by atoms with E-state index in [4.69, 9.17) is 5.73 Å². The number of rotatable bonds is 2. The highest BCUT2D eigenvalue weighted by Crippen LogP contribution is 2.60. The van der Waals surface area contributed by atoms with Crippen LogP contribution in [0.3, 0.4) is 0 Å². The van der Waals surface area contributed by atoms with E-state index in [1.54, 1.807) is 0 Å². The van der Waals surface area contributed by atoms with Gasteiger partial charge in [-0.3, -0.25) is 0 Å². The molecule has 0 spiro atoms. The van der Waals surface area contributed by atoms with E-state index >= 15 is 0 Å². The third-order valence-corrected chi connectivity index (χ3v) is 3.41. The first-order chi connectivity index (χ1) is 4.72. The highest BCUT2D eigenvalue weighted by molar-refractivity contribution is 5.12. The van der Waals surface area contributed by atoms with E-state index in [0.717, 1.165) is 25.7 Å². The molecule has 2 heteroatoms. The van der Waals surface area contributed by atoms with Crippen LogP contribution >= 0.6 is 0 Å². The first-order valence-corrected chi connectivity index (χ1v) is 4.15.